The van der Waals surface area contributed by atoms with Gasteiger partial charge in [0.1, 0.15) is 35.1 Å². The number of likely N-dealkylation sites (N-methyl/N-ethyl adjacent to an activating group) is 2. The number of rotatable bonds is 15. The van der Waals surface area contributed by atoms with Gasteiger partial charge in [0.2, 0.25) is 11.8 Å². The van der Waals surface area contributed by atoms with Gasteiger partial charge in [-0.3, -0.25) is 19.4 Å². The molecule has 11 heteroatoms. The zero-order valence-corrected chi connectivity index (χ0v) is 36.8. The lowest BCUT2D eigenvalue weighted by molar-refractivity contribution is -0.139. The van der Waals surface area contributed by atoms with E-state index in [1.165, 1.54) is 0 Å². The quantitative estimate of drug-likeness (QED) is 0.106. The zero-order chi connectivity index (χ0) is 43.5. The van der Waals surface area contributed by atoms with Crippen LogP contribution >= 0.6 is 0 Å². The molecule has 9 rings (SSSR count). The lowest BCUT2D eigenvalue weighted by Gasteiger charge is -2.34. The predicted molar refractivity (Wildman–Crippen MR) is 248 cm³/mol. The highest BCUT2D eigenvalue weighted by Gasteiger charge is 2.39. The van der Waals surface area contributed by atoms with Gasteiger partial charge in [-0.15, -0.1) is 0 Å². The van der Waals surface area contributed by atoms with Crippen LogP contribution in [0, 0.1) is 0 Å². The normalized spacial score (nSPS) is 17.6. The van der Waals surface area contributed by atoms with E-state index in [0.717, 1.165) is 126 Å². The summed E-state index contributed by atoms with van der Waals surface area (Å²) in [5.74, 6) is 2.69. The molecule has 4 atom stereocenters. The van der Waals surface area contributed by atoms with Crippen molar-refractivity contribution in [2.75, 3.05) is 39.3 Å². The number of carbonyl (C=O) groups is 2. The Labute approximate surface area is 370 Å². The van der Waals surface area contributed by atoms with Crippen LogP contribution in [0.3, 0.4) is 0 Å². The van der Waals surface area contributed by atoms with Crippen molar-refractivity contribution in [2.45, 2.75) is 77.5 Å². The highest BCUT2D eigenvalue weighted by molar-refractivity contribution is 5.87. The Kier molecular flexibility index (Phi) is 12.4. The number of aromatic amines is 2. The van der Waals surface area contributed by atoms with E-state index in [4.69, 9.17) is 14.4 Å². The number of imidazole rings is 2. The first-order valence-corrected chi connectivity index (χ1v) is 22.8. The minimum Gasteiger partial charge on any atom is -0.456 e. The summed E-state index contributed by atoms with van der Waals surface area (Å²) in [6.45, 7) is 13.1. The molecule has 0 saturated carbocycles. The molecular weight excluding hydrogens is 785 g/mol. The monoisotopic (exact) mass is 842 g/mol. The Hall–Kier alpha value is -6.30. The first kappa shape index (κ1) is 42.0. The van der Waals surface area contributed by atoms with Crippen LogP contribution in [0.4, 0.5) is 0 Å². The minimum absolute atomic E-state index is 0.0991. The second-order valence-corrected chi connectivity index (χ2v) is 16.8. The Morgan fingerprint density at radius 2 is 1.08 bits per heavy atom. The molecule has 4 aromatic carbocycles. The number of H-pyrrole nitrogens is 2. The van der Waals surface area contributed by atoms with Gasteiger partial charge in [-0.1, -0.05) is 113 Å². The van der Waals surface area contributed by atoms with Crippen molar-refractivity contribution in [3.63, 3.8) is 0 Å². The average molecular weight is 843 g/mol. The first-order valence-electron chi connectivity index (χ1n) is 22.8. The molecule has 2 aliphatic heterocycles. The van der Waals surface area contributed by atoms with Gasteiger partial charge in [0.25, 0.3) is 0 Å². The molecule has 0 bridgehead atoms. The summed E-state index contributed by atoms with van der Waals surface area (Å²) in [4.78, 5) is 54.0. The average Bonchev–Trinajstić information content (AvgIpc) is 4.19. The number of hydrogen-bond donors (Lipinski definition) is 2. The molecule has 7 aromatic rings. The summed E-state index contributed by atoms with van der Waals surface area (Å²) in [7, 11) is 0. The van der Waals surface area contributed by atoms with Crippen molar-refractivity contribution in [1.82, 2.24) is 39.5 Å². The van der Waals surface area contributed by atoms with Gasteiger partial charge in [0, 0.05) is 29.6 Å². The van der Waals surface area contributed by atoms with Gasteiger partial charge in [0.05, 0.1) is 35.9 Å². The van der Waals surface area contributed by atoms with Gasteiger partial charge in [-0.25, -0.2) is 9.97 Å². The number of carbonyl (C=O) groups excluding carboxylic acids is 2. The Bertz CT molecular complexity index is 2630. The molecule has 0 radical (unpaired) electrons. The van der Waals surface area contributed by atoms with Crippen LogP contribution in [0.2, 0.25) is 0 Å². The van der Waals surface area contributed by atoms with Crippen LogP contribution in [0.5, 0.6) is 0 Å². The Morgan fingerprint density at radius 1 is 0.619 bits per heavy atom. The van der Waals surface area contributed by atoms with Gasteiger partial charge in [0.15, 0.2) is 0 Å². The van der Waals surface area contributed by atoms with Crippen LogP contribution in [-0.4, -0.2) is 90.6 Å². The highest BCUT2D eigenvalue weighted by atomic mass is 16.3. The molecule has 2 amide bonds. The van der Waals surface area contributed by atoms with Crippen LogP contribution < -0.4 is 0 Å². The fourth-order valence-corrected chi connectivity index (χ4v) is 9.88. The van der Waals surface area contributed by atoms with Crippen LogP contribution in [0.15, 0.2) is 126 Å². The summed E-state index contributed by atoms with van der Waals surface area (Å²) >= 11 is 0. The predicted octanol–water partition coefficient (Wildman–Crippen LogP) is 10.4. The fourth-order valence-electron chi connectivity index (χ4n) is 9.88. The maximum absolute atomic E-state index is 14.3. The van der Waals surface area contributed by atoms with E-state index in [9.17, 15) is 9.59 Å². The topological polar surface area (TPSA) is 118 Å². The van der Waals surface area contributed by atoms with Gasteiger partial charge in [-0.2, -0.15) is 0 Å². The smallest absolute Gasteiger partial charge is 0.245 e. The van der Waals surface area contributed by atoms with Crippen molar-refractivity contribution < 1.29 is 14.0 Å². The summed E-state index contributed by atoms with van der Waals surface area (Å²) < 4.78 is 6.37. The Morgan fingerprint density at radius 3 is 1.57 bits per heavy atom. The maximum Gasteiger partial charge on any atom is 0.245 e. The van der Waals surface area contributed by atoms with E-state index in [0.29, 0.717) is 6.54 Å². The van der Waals surface area contributed by atoms with Crippen LogP contribution in [0.25, 0.3) is 44.8 Å². The summed E-state index contributed by atoms with van der Waals surface area (Å²) in [5, 5.41) is 0.995. The van der Waals surface area contributed by atoms with E-state index in [2.05, 4.69) is 114 Å². The van der Waals surface area contributed by atoms with Gasteiger partial charge >= 0.3 is 0 Å². The van der Waals surface area contributed by atoms with E-state index < -0.39 is 0 Å². The molecule has 2 aliphatic rings. The second kappa shape index (κ2) is 18.6. The van der Waals surface area contributed by atoms with Gasteiger partial charge < -0.3 is 24.2 Å². The third kappa shape index (κ3) is 8.35. The van der Waals surface area contributed by atoms with Crippen molar-refractivity contribution >= 4 is 22.8 Å². The van der Waals surface area contributed by atoms with Crippen molar-refractivity contribution in [3.8, 4) is 33.8 Å². The maximum atomic E-state index is 14.3. The summed E-state index contributed by atoms with van der Waals surface area (Å²) in [6.07, 6.45) is 7.39. The van der Waals surface area contributed by atoms with Crippen LogP contribution in [-0.2, 0) is 9.59 Å². The SMILES string of the molecule is CCN(CC)[C@H](C(=O)N1CCCC1c1ncc(-c2ccc3oc(-c4ccc(-c5cnc([C@@H]6CCCN6C(=O)[C@@H](c6ccccc6)N(CC)CC)[nH]5)cc4)cc3c2)[nH]1)c1ccccc1. The van der Waals surface area contributed by atoms with Gasteiger partial charge in [-0.05, 0) is 92.8 Å². The molecule has 0 aliphatic carbocycles. The number of nitrogens with one attached hydrogen (secondary N) is 2. The minimum atomic E-state index is -0.327. The largest absolute Gasteiger partial charge is 0.456 e. The number of hydrogen-bond acceptors (Lipinski definition) is 7. The standard InChI is InChI=1S/C52H58N8O3/c1-5-57(6-2)47(37-17-11-9-12-18-37)51(61)59-29-15-21-43(59)49-53-33-41(55-49)35-23-25-36(26-24-35)46-32-40-31-39(27-28-45(40)63-46)42-34-54-50(56-42)44-22-16-30-60(44)52(62)48(58(7-3)8-4)38-19-13-10-14-20-38/h9-14,17-20,23-28,31-34,43-44,47-48H,5-8,15-16,21-22,29-30H2,1-4H3,(H,53,55)(H,54,56)/t43-,44?,47+,48-/m0/s1. The summed E-state index contributed by atoms with van der Waals surface area (Å²) in [6, 6.07) is 36.0. The fraction of sp³-hybridized carbons (Fsp3) is 0.346. The van der Waals surface area contributed by atoms with Crippen molar-refractivity contribution in [3.05, 3.63) is 144 Å². The van der Waals surface area contributed by atoms with E-state index in [1.54, 1.807) is 0 Å². The number of fused-ring (bicyclic) bond motifs is 1. The molecule has 2 saturated heterocycles. The molecule has 324 valence electrons. The lowest BCUT2D eigenvalue weighted by Crippen LogP contribution is -2.43. The molecule has 0 spiro atoms. The second-order valence-electron chi connectivity index (χ2n) is 16.8. The van der Waals surface area contributed by atoms with E-state index in [-0.39, 0.29) is 36.0 Å². The summed E-state index contributed by atoms with van der Waals surface area (Å²) in [5.41, 5.74) is 7.67. The number of aromatic nitrogens is 4. The number of likely N-dealkylation sites (tertiary alicyclic amines) is 2. The third-order valence-electron chi connectivity index (χ3n) is 13.3. The molecule has 2 fully saturated rings. The molecule has 2 N–H and O–H groups in total. The molecule has 1 unspecified atom stereocenters. The molecular formula is C52H58N8O3. The van der Waals surface area contributed by atoms with E-state index in [1.807, 2.05) is 64.7 Å². The lowest BCUT2D eigenvalue weighted by atomic mass is 10.0. The molecule has 5 heterocycles. The van der Waals surface area contributed by atoms with E-state index >= 15 is 0 Å². The zero-order valence-electron chi connectivity index (χ0n) is 36.8. The molecule has 63 heavy (non-hydrogen) atoms. The first-order chi connectivity index (χ1) is 30.9. The van der Waals surface area contributed by atoms with Crippen LogP contribution in [0.1, 0.15) is 100 Å². The number of nitrogens with zero attached hydrogens (tertiary/aromatic N) is 6. The van der Waals surface area contributed by atoms with Crippen molar-refractivity contribution in [1.29, 1.82) is 0 Å². The van der Waals surface area contributed by atoms with Crippen molar-refractivity contribution in [2.24, 2.45) is 0 Å². The Balaban J connectivity index is 0.891. The molecule has 3 aromatic heterocycles. The third-order valence-corrected chi connectivity index (χ3v) is 13.3. The number of amides is 2. The molecule has 11 nitrogen and oxygen atoms in total. The number of furan rings is 1. The highest BCUT2D eigenvalue weighted by Crippen LogP contribution is 2.38. The number of benzene rings is 4.